The number of carbonyl (C=O) groups is 3. The number of likely N-dealkylation sites (N-methyl/N-ethyl adjacent to an activating group) is 1. The van der Waals surface area contributed by atoms with E-state index in [9.17, 15) is 14.4 Å². The summed E-state index contributed by atoms with van der Waals surface area (Å²) in [5.41, 5.74) is 0.878. The zero-order chi connectivity index (χ0) is 14.2. The van der Waals surface area contributed by atoms with E-state index in [1.165, 1.54) is 11.9 Å². The Balaban J connectivity index is 2.62. The average molecular weight is 263 g/mol. The molecule has 1 aromatic carbocycles. The van der Waals surface area contributed by atoms with Gasteiger partial charge in [-0.1, -0.05) is 12.1 Å². The van der Waals surface area contributed by atoms with Gasteiger partial charge in [0, 0.05) is 20.9 Å². The number of nitrogens with zero attached hydrogens (tertiary/aromatic N) is 1. The average Bonchev–Trinajstić information content (AvgIpc) is 2.52. The van der Waals surface area contributed by atoms with Gasteiger partial charge in [0.05, 0.1) is 11.3 Å². The highest BCUT2D eigenvalue weighted by Gasteiger charge is 2.56. The summed E-state index contributed by atoms with van der Waals surface area (Å²) in [6, 6.07) is 6.68. The molecule has 1 amide bonds. The first kappa shape index (κ1) is 13.1. The summed E-state index contributed by atoms with van der Waals surface area (Å²) in [5.74, 6) is -4.04. The smallest absolute Gasteiger partial charge is 0.366 e. The lowest BCUT2D eigenvalue weighted by atomic mass is 10.1. The van der Waals surface area contributed by atoms with E-state index in [4.69, 9.17) is 9.47 Å². The predicted molar refractivity (Wildman–Crippen MR) is 65.1 cm³/mol. The van der Waals surface area contributed by atoms with Crippen molar-refractivity contribution in [3.8, 4) is 0 Å². The Morgan fingerprint density at radius 2 is 1.63 bits per heavy atom. The summed E-state index contributed by atoms with van der Waals surface area (Å²) in [7, 11) is 1.52. The first-order valence-electron chi connectivity index (χ1n) is 5.65. The molecule has 0 fully saturated rings. The van der Waals surface area contributed by atoms with Crippen LogP contribution in [-0.2, 0) is 29.6 Å². The minimum atomic E-state index is -2.01. The maximum atomic E-state index is 12.3. The summed E-state index contributed by atoms with van der Waals surface area (Å²) in [6.45, 7) is 2.30. The second-order valence-electron chi connectivity index (χ2n) is 4.19. The van der Waals surface area contributed by atoms with Crippen molar-refractivity contribution < 1.29 is 23.9 Å². The van der Waals surface area contributed by atoms with Crippen molar-refractivity contribution in [2.75, 3.05) is 11.9 Å². The Kier molecular flexibility index (Phi) is 3.01. The van der Waals surface area contributed by atoms with Crippen molar-refractivity contribution in [1.82, 2.24) is 0 Å². The lowest BCUT2D eigenvalue weighted by Crippen LogP contribution is -2.45. The van der Waals surface area contributed by atoms with Crippen molar-refractivity contribution in [2.24, 2.45) is 0 Å². The van der Waals surface area contributed by atoms with Crippen LogP contribution in [0.25, 0.3) is 0 Å². The first-order chi connectivity index (χ1) is 8.88. The van der Waals surface area contributed by atoms with E-state index in [2.05, 4.69) is 0 Å². The maximum Gasteiger partial charge on any atom is 0.366 e. The lowest BCUT2D eigenvalue weighted by Gasteiger charge is -2.26. The molecule has 0 saturated heterocycles. The van der Waals surface area contributed by atoms with Crippen molar-refractivity contribution in [2.45, 2.75) is 19.6 Å². The van der Waals surface area contributed by atoms with Crippen LogP contribution in [0.3, 0.4) is 0 Å². The molecule has 0 atom stereocenters. The molecule has 2 rings (SSSR count). The monoisotopic (exact) mass is 263 g/mol. The number of carbonyl (C=O) groups excluding carboxylic acids is 3. The molecule has 1 aromatic rings. The van der Waals surface area contributed by atoms with Gasteiger partial charge in [0.15, 0.2) is 0 Å². The van der Waals surface area contributed by atoms with Gasteiger partial charge in [0.1, 0.15) is 0 Å². The van der Waals surface area contributed by atoms with Crippen molar-refractivity contribution in [3.63, 3.8) is 0 Å². The summed E-state index contributed by atoms with van der Waals surface area (Å²) < 4.78 is 10.1. The molecule has 0 unspecified atom stereocenters. The second kappa shape index (κ2) is 4.38. The number of fused-ring (bicyclic) bond motifs is 1. The number of rotatable bonds is 2. The maximum absolute atomic E-state index is 12.3. The highest BCUT2D eigenvalue weighted by Crippen LogP contribution is 2.42. The fourth-order valence-corrected chi connectivity index (χ4v) is 2.11. The molecule has 0 aliphatic carbocycles. The van der Waals surface area contributed by atoms with Gasteiger partial charge in [-0.25, -0.2) is 0 Å². The first-order valence-corrected chi connectivity index (χ1v) is 5.65. The van der Waals surface area contributed by atoms with Crippen molar-refractivity contribution in [1.29, 1.82) is 0 Å². The number of ether oxygens (including phenoxy) is 2. The number of hydrogen-bond acceptors (Lipinski definition) is 5. The topological polar surface area (TPSA) is 72.9 Å². The van der Waals surface area contributed by atoms with Crippen LogP contribution in [0.1, 0.15) is 19.4 Å². The van der Waals surface area contributed by atoms with Gasteiger partial charge in [-0.2, -0.15) is 0 Å². The third-order valence-corrected chi connectivity index (χ3v) is 2.78. The Bertz CT molecular complexity index is 550. The van der Waals surface area contributed by atoms with Crippen LogP contribution in [0, 0.1) is 0 Å². The minimum absolute atomic E-state index is 0.341. The molecular formula is C13H13NO5. The minimum Gasteiger partial charge on any atom is -0.409 e. The highest BCUT2D eigenvalue weighted by atomic mass is 16.7. The van der Waals surface area contributed by atoms with Gasteiger partial charge in [0.25, 0.3) is 0 Å². The SMILES string of the molecule is CC(=O)OC1(OC(C)=O)C(=O)N(C)c2ccccc21. The number of amides is 1. The second-order valence-corrected chi connectivity index (χ2v) is 4.19. The Morgan fingerprint density at radius 3 is 2.16 bits per heavy atom. The van der Waals surface area contributed by atoms with Gasteiger partial charge in [-0.15, -0.1) is 0 Å². The molecular weight excluding hydrogens is 250 g/mol. The Hall–Kier alpha value is -2.37. The van der Waals surface area contributed by atoms with Gasteiger partial charge in [-0.05, 0) is 12.1 Å². The number of benzene rings is 1. The summed E-state index contributed by atoms with van der Waals surface area (Å²) in [4.78, 5) is 36.1. The third kappa shape index (κ3) is 1.95. The van der Waals surface area contributed by atoms with E-state index in [0.717, 1.165) is 13.8 Å². The summed E-state index contributed by atoms with van der Waals surface area (Å²) in [6.07, 6.45) is 0. The zero-order valence-electron chi connectivity index (χ0n) is 10.8. The van der Waals surface area contributed by atoms with Gasteiger partial charge in [0.2, 0.25) is 0 Å². The van der Waals surface area contributed by atoms with E-state index in [-0.39, 0.29) is 0 Å². The van der Waals surface area contributed by atoms with Gasteiger partial charge in [-0.3, -0.25) is 14.4 Å². The van der Waals surface area contributed by atoms with Crippen LogP contribution in [-0.4, -0.2) is 24.9 Å². The van der Waals surface area contributed by atoms with Crippen molar-refractivity contribution >= 4 is 23.5 Å². The molecule has 1 aliphatic rings. The Morgan fingerprint density at radius 1 is 1.11 bits per heavy atom. The fraction of sp³-hybridized carbons (Fsp3) is 0.308. The molecule has 100 valence electrons. The number of para-hydroxylation sites is 1. The van der Waals surface area contributed by atoms with Gasteiger partial charge >= 0.3 is 23.6 Å². The standard InChI is InChI=1S/C13H13NO5/c1-8(15)18-13(19-9(2)16)10-6-4-5-7-11(10)14(3)12(13)17/h4-7H,1-3H3. The van der Waals surface area contributed by atoms with Crippen LogP contribution in [0.5, 0.6) is 0 Å². The molecule has 0 saturated carbocycles. The van der Waals surface area contributed by atoms with Crippen LogP contribution in [0.2, 0.25) is 0 Å². The van der Waals surface area contributed by atoms with Gasteiger partial charge < -0.3 is 14.4 Å². The molecule has 0 spiro atoms. The van der Waals surface area contributed by atoms with Crippen LogP contribution in [0.4, 0.5) is 5.69 Å². The molecule has 19 heavy (non-hydrogen) atoms. The number of anilines is 1. The van der Waals surface area contributed by atoms with E-state index >= 15 is 0 Å². The van der Waals surface area contributed by atoms with E-state index in [1.54, 1.807) is 24.3 Å². The zero-order valence-corrected chi connectivity index (χ0v) is 10.8. The molecule has 6 heteroatoms. The molecule has 0 bridgehead atoms. The fourth-order valence-electron chi connectivity index (χ4n) is 2.11. The summed E-state index contributed by atoms with van der Waals surface area (Å²) in [5, 5.41) is 0. The largest absolute Gasteiger partial charge is 0.409 e. The normalized spacial score (nSPS) is 15.9. The molecule has 1 aliphatic heterocycles. The molecule has 0 aromatic heterocycles. The summed E-state index contributed by atoms with van der Waals surface area (Å²) >= 11 is 0. The molecule has 1 heterocycles. The predicted octanol–water partition coefficient (Wildman–Crippen LogP) is 0.942. The van der Waals surface area contributed by atoms with Crippen molar-refractivity contribution in [3.05, 3.63) is 29.8 Å². The van der Waals surface area contributed by atoms with E-state index < -0.39 is 23.6 Å². The molecule has 0 radical (unpaired) electrons. The molecule has 6 nitrogen and oxygen atoms in total. The van der Waals surface area contributed by atoms with Crippen LogP contribution in [0.15, 0.2) is 24.3 Å². The molecule has 0 N–H and O–H groups in total. The Labute approximate surface area is 109 Å². The van der Waals surface area contributed by atoms with Crippen LogP contribution >= 0.6 is 0 Å². The third-order valence-electron chi connectivity index (χ3n) is 2.78. The quantitative estimate of drug-likeness (QED) is 0.586. The van der Waals surface area contributed by atoms with Crippen LogP contribution < -0.4 is 4.90 Å². The lowest BCUT2D eigenvalue weighted by molar-refractivity contribution is -0.225. The van der Waals surface area contributed by atoms with E-state index in [1.807, 2.05) is 0 Å². The highest BCUT2D eigenvalue weighted by molar-refractivity contribution is 6.07. The number of hydrogen-bond donors (Lipinski definition) is 0. The van der Waals surface area contributed by atoms with E-state index in [0.29, 0.717) is 11.3 Å². The number of esters is 2.